The number of alkyl halides is 6. The number of carboxylic acid groups (broad SMARTS) is 1. The van der Waals surface area contributed by atoms with Crippen molar-refractivity contribution >= 4 is 58.9 Å². The lowest BCUT2D eigenvalue weighted by Gasteiger charge is -2.19. The third-order valence-electron chi connectivity index (χ3n) is 11.1. The molecule has 400 valence electrons. The maximum Gasteiger partial charge on any atom is 0.471 e. The van der Waals surface area contributed by atoms with Crippen LogP contribution in [-0.2, 0) is 56.0 Å². The van der Waals surface area contributed by atoms with Gasteiger partial charge in [-0.2, -0.15) is 26.3 Å². The average Bonchev–Trinajstić information content (AvgIpc) is 3.69. The summed E-state index contributed by atoms with van der Waals surface area (Å²) in [6.45, 7) is 0.182. The highest BCUT2D eigenvalue weighted by molar-refractivity contribution is 6.09. The molecule has 1 saturated heterocycles. The molecule has 0 radical (unpaired) electrons. The number of benzene rings is 4. The predicted octanol–water partition coefficient (Wildman–Crippen LogP) is 6.06. The van der Waals surface area contributed by atoms with E-state index >= 15 is 0 Å². The number of ketones is 2. The number of hydrogen-bond donors (Lipinski definition) is 5. The van der Waals surface area contributed by atoms with Gasteiger partial charge >= 0.3 is 36.1 Å². The van der Waals surface area contributed by atoms with Gasteiger partial charge < -0.3 is 31.2 Å². The fourth-order valence-electron chi connectivity index (χ4n) is 7.09. The SMILES string of the molecule is O=C(CCCCCNC(=O)[C@H](Cc1ccc(C(=O)c2ccccc2)cc1)NC(=O)C(F)(F)F)ON1C(=O)CCC1=O.O=C(O)CCCCCNC(=O)[C@H](Cc1ccc(C(=O)c2ccccc2)cc1)NC(=O)C(F)(F)F. The zero-order valence-corrected chi connectivity index (χ0v) is 40.1. The van der Waals surface area contributed by atoms with Gasteiger partial charge in [0, 0.05) is 73.9 Å². The lowest BCUT2D eigenvalue weighted by atomic mass is 9.99. The third-order valence-corrected chi connectivity index (χ3v) is 11.1. The van der Waals surface area contributed by atoms with E-state index in [-0.39, 0.29) is 63.2 Å². The first-order valence-corrected chi connectivity index (χ1v) is 23.5. The lowest BCUT2D eigenvalue weighted by molar-refractivity contribution is -0.197. The van der Waals surface area contributed by atoms with E-state index in [0.29, 0.717) is 77.0 Å². The highest BCUT2D eigenvalue weighted by atomic mass is 19.4. The van der Waals surface area contributed by atoms with Crippen molar-refractivity contribution < 1.29 is 84.2 Å². The minimum absolute atomic E-state index is 0.0129. The largest absolute Gasteiger partial charge is 0.481 e. The van der Waals surface area contributed by atoms with Crippen LogP contribution in [0.5, 0.6) is 0 Å². The summed E-state index contributed by atoms with van der Waals surface area (Å²) in [5.74, 6) is -9.47. The Morgan fingerprint density at radius 1 is 0.507 bits per heavy atom. The molecule has 1 fully saturated rings. The molecule has 0 saturated carbocycles. The van der Waals surface area contributed by atoms with Gasteiger partial charge in [-0.05, 0) is 36.8 Å². The van der Waals surface area contributed by atoms with Gasteiger partial charge in [0.25, 0.3) is 11.8 Å². The Balaban J connectivity index is 0.000000330. The van der Waals surface area contributed by atoms with E-state index in [1.54, 1.807) is 71.3 Å². The number of carbonyl (C=O) groups is 10. The van der Waals surface area contributed by atoms with Crippen LogP contribution in [0.15, 0.2) is 109 Å². The molecule has 1 aliphatic rings. The van der Waals surface area contributed by atoms with Crippen LogP contribution in [0.4, 0.5) is 26.3 Å². The standard InChI is InChI=1S/C28H28F3N3O7.C24H25F3N2O5/c29-28(30,31)27(40)33-21(17-18-10-12-20(13-11-18)25(38)19-7-3-1-4-8-19)26(39)32-16-6-2-5-9-24(37)41-34-22(35)14-15-23(34)36;25-24(26,27)23(34)29-19(22(33)28-14-6-2-5-9-20(30)31)15-16-10-12-18(13-11-16)21(32)17-7-3-1-4-8-17/h1,3-4,7-8,10-13,21H,2,5-6,9,14-17H2,(H,32,39)(H,33,40);1,3-4,7-8,10-13,19H,2,5-6,9,14-15H2,(H,28,33)(H,29,34)(H,30,31)/t21-;19-/m00/s1. The van der Waals surface area contributed by atoms with Gasteiger partial charge in [-0.3, -0.25) is 43.2 Å². The average molecular weight is 1050 g/mol. The molecule has 2 atom stereocenters. The first-order chi connectivity index (χ1) is 35.5. The molecule has 0 aliphatic carbocycles. The van der Waals surface area contributed by atoms with Gasteiger partial charge in [0.1, 0.15) is 12.1 Å². The van der Waals surface area contributed by atoms with Gasteiger partial charge in [-0.25, -0.2) is 4.79 Å². The molecule has 0 aromatic heterocycles. The summed E-state index contributed by atoms with van der Waals surface area (Å²) in [6, 6.07) is 26.0. The summed E-state index contributed by atoms with van der Waals surface area (Å²) < 4.78 is 76.9. The smallest absolute Gasteiger partial charge is 0.471 e. The fourth-order valence-corrected chi connectivity index (χ4v) is 7.09. The Labute approximate surface area is 425 Å². The number of rotatable bonds is 25. The Morgan fingerprint density at radius 3 is 1.23 bits per heavy atom. The van der Waals surface area contributed by atoms with Crippen LogP contribution in [0.1, 0.15) is 107 Å². The molecule has 0 unspecified atom stereocenters. The van der Waals surface area contributed by atoms with E-state index < -0.39 is 71.8 Å². The van der Waals surface area contributed by atoms with Crippen LogP contribution in [0.3, 0.4) is 0 Å². The van der Waals surface area contributed by atoms with Gasteiger partial charge in [0.2, 0.25) is 11.8 Å². The molecule has 6 amide bonds. The molecule has 0 bridgehead atoms. The van der Waals surface area contributed by atoms with Crippen molar-refractivity contribution in [3.05, 3.63) is 143 Å². The molecule has 0 spiro atoms. The molecule has 17 nitrogen and oxygen atoms in total. The number of nitrogens with zero attached hydrogens (tertiary/aromatic N) is 1. The van der Waals surface area contributed by atoms with Gasteiger partial charge in [0.05, 0.1) is 0 Å². The minimum atomic E-state index is -5.19. The Morgan fingerprint density at radius 2 is 0.867 bits per heavy atom. The first-order valence-electron chi connectivity index (χ1n) is 23.5. The van der Waals surface area contributed by atoms with Gasteiger partial charge in [-0.1, -0.05) is 122 Å². The molecule has 5 rings (SSSR count). The van der Waals surface area contributed by atoms with Crippen LogP contribution in [0.2, 0.25) is 0 Å². The summed E-state index contributed by atoms with van der Waals surface area (Å²) in [5.41, 5.74) is 2.54. The number of halogens is 6. The van der Waals surface area contributed by atoms with E-state index in [9.17, 15) is 74.3 Å². The molecule has 4 aromatic rings. The summed E-state index contributed by atoms with van der Waals surface area (Å²) in [4.78, 5) is 123. The van der Waals surface area contributed by atoms with Crippen molar-refractivity contribution in [2.45, 2.75) is 101 Å². The Kier molecular flexibility index (Phi) is 22.8. The molecule has 23 heteroatoms. The summed E-state index contributed by atoms with van der Waals surface area (Å²) in [7, 11) is 0. The van der Waals surface area contributed by atoms with E-state index in [0.717, 1.165) is 0 Å². The quantitative estimate of drug-likeness (QED) is 0.0220. The maximum atomic E-state index is 12.9. The second-order valence-electron chi connectivity index (χ2n) is 16.9. The second-order valence-corrected chi connectivity index (χ2v) is 16.9. The summed E-state index contributed by atoms with van der Waals surface area (Å²) in [6.07, 6.45) is -8.49. The van der Waals surface area contributed by atoms with Crippen molar-refractivity contribution in [3.63, 3.8) is 0 Å². The summed E-state index contributed by atoms with van der Waals surface area (Å²) in [5, 5.41) is 17.4. The van der Waals surface area contributed by atoms with Crippen molar-refractivity contribution in [3.8, 4) is 0 Å². The number of carboxylic acids is 1. The molecule has 75 heavy (non-hydrogen) atoms. The molecule has 5 N–H and O–H groups in total. The van der Waals surface area contributed by atoms with E-state index in [4.69, 9.17) is 9.94 Å². The monoisotopic (exact) mass is 1050 g/mol. The number of hydrogen-bond acceptors (Lipinski definition) is 11. The normalized spacial score (nSPS) is 13.1. The number of unbranched alkanes of at least 4 members (excludes halogenated alkanes) is 4. The molecular weight excluding hydrogens is 1000 g/mol. The molecular formula is C52H53F6N5O12. The van der Waals surface area contributed by atoms with Crippen molar-refractivity contribution in [1.82, 2.24) is 26.3 Å². The van der Waals surface area contributed by atoms with Crippen LogP contribution in [0, 0.1) is 0 Å². The van der Waals surface area contributed by atoms with Crippen molar-refractivity contribution in [1.29, 1.82) is 0 Å². The number of hydroxylamine groups is 2. The molecule has 1 aliphatic heterocycles. The number of nitrogens with one attached hydrogen (secondary N) is 4. The fraction of sp³-hybridized carbons (Fsp3) is 0.346. The number of aliphatic carboxylic acids is 1. The Bertz CT molecular complexity index is 2620. The van der Waals surface area contributed by atoms with E-state index in [1.165, 1.54) is 48.5 Å². The highest BCUT2D eigenvalue weighted by Crippen LogP contribution is 2.19. The molecule has 1 heterocycles. The summed E-state index contributed by atoms with van der Waals surface area (Å²) >= 11 is 0. The predicted molar refractivity (Wildman–Crippen MR) is 254 cm³/mol. The van der Waals surface area contributed by atoms with Crippen molar-refractivity contribution in [2.75, 3.05) is 13.1 Å². The lowest BCUT2D eigenvalue weighted by Crippen LogP contribution is -2.51. The van der Waals surface area contributed by atoms with Crippen LogP contribution in [0.25, 0.3) is 0 Å². The zero-order valence-electron chi connectivity index (χ0n) is 40.1. The number of carbonyl (C=O) groups excluding carboxylic acids is 9. The van der Waals surface area contributed by atoms with Gasteiger partial charge in [0.15, 0.2) is 11.6 Å². The topological polar surface area (TPSA) is 252 Å². The number of imide groups is 1. The van der Waals surface area contributed by atoms with E-state index in [2.05, 4.69) is 10.6 Å². The highest BCUT2D eigenvalue weighted by Gasteiger charge is 2.42. The van der Waals surface area contributed by atoms with Crippen LogP contribution < -0.4 is 21.3 Å². The van der Waals surface area contributed by atoms with Gasteiger partial charge in [-0.15, -0.1) is 5.06 Å². The van der Waals surface area contributed by atoms with Crippen LogP contribution in [-0.4, -0.2) is 107 Å². The zero-order chi connectivity index (χ0) is 55.1. The van der Waals surface area contributed by atoms with Crippen molar-refractivity contribution in [2.24, 2.45) is 0 Å². The Hall–Kier alpha value is -8.24. The third kappa shape index (κ3) is 20.3. The van der Waals surface area contributed by atoms with E-state index in [1.807, 2.05) is 0 Å². The second kappa shape index (κ2) is 28.9. The first kappa shape index (κ1) is 59.3. The minimum Gasteiger partial charge on any atom is -0.481 e. The maximum absolute atomic E-state index is 12.9. The van der Waals surface area contributed by atoms with Crippen LogP contribution >= 0.6 is 0 Å². The molecule has 4 aromatic carbocycles. The number of amides is 6.